The van der Waals surface area contributed by atoms with Crippen molar-refractivity contribution in [3.8, 4) is 11.4 Å². The number of nitrogens with two attached hydrogens (primary N) is 1. The smallest absolute Gasteiger partial charge is 0.205 e. The van der Waals surface area contributed by atoms with Gasteiger partial charge in [-0.15, -0.1) is 10.2 Å². The van der Waals surface area contributed by atoms with Crippen LogP contribution in [0.25, 0.3) is 11.4 Å². The van der Waals surface area contributed by atoms with Gasteiger partial charge >= 0.3 is 0 Å². The number of nitrogens with zero attached hydrogens (tertiary/aromatic N) is 5. The molecular weight excluding hydrogens is 288 g/mol. The van der Waals surface area contributed by atoms with Crippen LogP contribution in [0.4, 0.5) is 11.4 Å². The number of nitrogen functional groups attached to an aromatic ring is 1. The van der Waals surface area contributed by atoms with E-state index in [1.165, 1.54) is 0 Å². The number of aliphatic imine (C=N–C) groups is 1. The van der Waals surface area contributed by atoms with Crippen molar-refractivity contribution in [2.75, 3.05) is 5.73 Å². The van der Waals surface area contributed by atoms with Gasteiger partial charge in [0.1, 0.15) is 5.71 Å². The van der Waals surface area contributed by atoms with Gasteiger partial charge < -0.3 is 5.73 Å². The maximum absolute atomic E-state index is 5.71. The summed E-state index contributed by atoms with van der Waals surface area (Å²) in [7, 11) is 0. The summed E-state index contributed by atoms with van der Waals surface area (Å²) in [5.41, 5.74) is 9.73. The van der Waals surface area contributed by atoms with E-state index in [0.29, 0.717) is 17.3 Å². The molecule has 2 heterocycles. The molecule has 0 atom stereocenters. The Balaban J connectivity index is 1.79. The molecule has 1 aliphatic rings. The van der Waals surface area contributed by atoms with Gasteiger partial charge in [-0.1, -0.05) is 30.3 Å². The van der Waals surface area contributed by atoms with Crippen LogP contribution >= 0.6 is 0 Å². The Morgan fingerprint density at radius 1 is 0.913 bits per heavy atom. The number of fused-ring (bicyclic) bond motifs is 1. The Bertz CT molecular complexity index is 919. The van der Waals surface area contributed by atoms with Gasteiger partial charge in [0, 0.05) is 11.3 Å². The highest BCUT2D eigenvalue weighted by atomic mass is 15.5. The van der Waals surface area contributed by atoms with Crippen LogP contribution < -0.4 is 5.73 Å². The van der Waals surface area contributed by atoms with Crippen LogP contribution in [0, 0.1) is 0 Å². The predicted molar refractivity (Wildman–Crippen MR) is 91.0 cm³/mol. The van der Waals surface area contributed by atoms with Crippen LogP contribution in [-0.2, 0) is 0 Å². The molecule has 0 saturated carbocycles. The Kier molecular flexibility index (Phi) is 3.01. The molecule has 0 fully saturated rings. The zero-order chi connectivity index (χ0) is 15.8. The maximum atomic E-state index is 5.71. The molecule has 4 rings (SSSR count). The minimum absolute atomic E-state index is 0.651. The fraction of sp³-hybridized carbons (Fsp3) is 0.0588. The average Bonchev–Trinajstić information content (AvgIpc) is 3.10. The molecule has 2 aromatic carbocycles. The van der Waals surface area contributed by atoms with Gasteiger partial charge in [-0.3, -0.25) is 0 Å². The molecule has 0 bridgehead atoms. The van der Waals surface area contributed by atoms with Crippen molar-refractivity contribution < 1.29 is 0 Å². The molecule has 6 heteroatoms. The zero-order valence-corrected chi connectivity index (χ0v) is 12.5. The molecular formula is C17H14N6. The van der Waals surface area contributed by atoms with Crippen LogP contribution in [0.2, 0.25) is 0 Å². The monoisotopic (exact) mass is 302 g/mol. The molecule has 0 spiro atoms. The van der Waals surface area contributed by atoms with Crippen molar-refractivity contribution in [1.29, 1.82) is 0 Å². The second-order valence-corrected chi connectivity index (χ2v) is 5.26. The molecule has 0 saturated heterocycles. The normalized spacial score (nSPS) is 14.8. The van der Waals surface area contributed by atoms with E-state index in [4.69, 9.17) is 5.73 Å². The zero-order valence-electron chi connectivity index (χ0n) is 12.5. The van der Waals surface area contributed by atoms with E-state index in [-0.39, 0.29) is 0 Å². The number of rotatable bonds is 2. The van der Waals surface area contributed by atoms with Gasteiger partial charge in [-0.25, -0.2) is 4.99 Å². The molecule has 0 unspecified atom stereocenters. The predicted octanol–water partition coefficient (Wildman–Crippen LogP) is 2.89. The van der Waals surface area contributed by atoms with E-state index in [9.17, 15) is 0 Å². The average molecular weight is 302 g/mol. The van der Waals surface area contributed by atoms with Crippen molar-refractivity contribution in [2.24, 2.45) is 10.1 Å². The summed E-state index contributed by atoms with van der Waals surface area (Å²) < 4.78 is 1.74. The molecule has 1 aliphatic heterocycles. The Morgan fingerprint density at radius 3 is 2.35 bits per heavy atom. The van der Waals surface area contributed by atoms with Crippen molar-refractivity contribution >= 4 is 22.8 Å². The van der Waals surface area contributed by atoms with E-state index in [1.807, 2.05) is 61.5 Å². The first-order chi connectivity index (χ1) is 11.2. The molecule has 1 aromatic heterocycles. The van der Waals surface area contributed by atoms with Gasteiger partial charge in [0.25, 0.3) is 0 Å². The van der Waals surface area contributed by atoms with Crippen LogP contribution in [0.1, 0.15) is 12.7 Å². The van der Waals surface area contributed by atoms with Crippen molar-refractivity contribution in [3.05, 3.63) is 60.4 Å². The minimum atomic E-state index is 0.651. The Morgan fingerprint density at radius 2 is 1.61 bits per heavy atom. The lowest BCUT2D eigenvalue weighted by atomic mass is 10.2. The molecule has 3 aromatic rings. The van der Waals surface area contributed by atoms with E-state index in [2.05, 4.69) is 20.3 Å². The van der Waals surface area contributed by atoms with E-state index < -0.39 is 0 Å². The Hall–Kier alpha value is -3.28. The third-order valence-corrected chi connectivity index (χ3v) is 3.61. The first kappa shape index (κ1) is 13.4. The van der Waals surface area contributed by atoms with Gasteiger partial charge in [-0.05, 0) is 31.2 Å². The highest BCUT2D eigenvalue weighted by Gasteiger charge is 2.26. The fourth-order valence-corrected chi connectivity index (χ4v) is 2.46. The largest absolute Gasteiger partial charge is 0.399 e. The molecule has 23 heavy (non-hydrogen) atoms. The Labute approximate surface area is 133 Å². The van der Waals surface area contributed by atoms with Crippen LogP contribution in [-0.4, -0.2) is 26.3 Å². The summed E-state index contributed by atoms with van der Waals surface area (Å²) >= 11 is 0. The van der Waals surface area contributed by atoms with Crippen molar-refractivity contribution in [1.82, 2.24) is 14.9 Å². The maximum Gasteiger partial charge on any atom is 0.205 e. The van der Waals surface area contributed by atoms with Crippen molar-refractivity contribution in [3.63, 3.8) is 0 Å². The van der Waals surface area contributed by atoms with Gasteiger partial charge in [0.2, 0.25) is 5.82 Å². The number of benzene rings is 2. The van der Waals surface area contributed by atoms with E-state index in [1.54, 1.807) is 4.68 Å². The SMILES string of the molecule is CC1=Nn2c(nnc2-c2ccccc2)C1=Nc1ccc(N)cc1. The minimum Gasteiger partial charge on any atom is -0.399 e. The number of aromatic nitrogens is 3. The van der Waals surface area contributed by atoms with E-state index >= 15 is 0 Å². The van der Waals surface area contributed by atoms with E-state index in [0.717, 1.165) is 22.7 Å². The number of anilines is 1. The first-order valence-corrected chi connectivity index (χ1v) is 7.24. The third-order valence-electron chi connectivity index (χ3n) is 3.61. The molecule has 0 aliphatic carbocycles. The first-order valence-electron chi connectivity index (χ1n) is 7.24. The van der Waals surface area contributed by atoms with Crippen LogP contribution in [0.15, 0.2) is 64.7 Å². The van der Waals surface area contributed by atoms with Crippen molar-refractivity contribution in [2.45, 2.75) is 6.92 Å². The fourth-order valence-electron chi connectivity index (χ4n) is 2.46. The standard InChI is InChI=1S/C17H14N6/c1-11-15(19-14-9-7-13(18)8-10-14)17-21-20-16(23(17)22-11)12-5-3-2-4-6-12/h2-10H,18H2,1H3. The lowest BCUT2D eigenvalue weighted by Crippen LogP contribution is -2.08. The summed E-state index contributed by atoms with van der Waals surface area (Å²) in [6.07, 6.45) is 0. The summed E-state index contributed by atoms with van der Waals surface area (Å²) in [5, 5.41) is 13.1. The molecule has 112 valence electrons. The topological polar surface area (TPSA) is 81.5 Å². The summed E-state index contributed by atoms with van der Waals surface area (Å²) in [5.74, 6) is 1.36. The van der Waals surface area contributed by atoms with Gasteiger partial charge in [0.05, 0.1) is 11.4 Å². The molecule has 0 radical (unpaired) electrons. The third kappa shape index (κ3) is 2.30. The lowest BCUT2D eigenvalue weighted by Gasteiger charge is -1.98. The number of hydrogen-bond acceptors (Lipinski definition) is 5. The van der Waals surface area contributed by atoms with Crippen LogP contribution in [0.3, 0.4) is 0 Å². The molecule has 2 N–H and O–H groups in total. The van der Waals surface area contributed by atoms with Gasteiger partial charge in [-0.2, -0.15) is 9.78 Å². The highest BCUT2D eigenvalue weighted by molar-refractivity contribution is 6.48. The lowest BCUT2D eigenvalue weighted by molar-refractivity contribution is 0.890. The number of hydrogen-bond donors (Lipinski definition) is 1. The second-order valence-electron chi connectivity index (χ2n) is 5.26. The highest BCUT2D eigenvalue weighted by Crippen LogP contribution is 2.24. The summed E-state index contributed by atoms with van der Waals surface area (Å²) in [6.45, 7) is 1.92. The summed E-state index contributed by atoms with van der Waals surface area (Å²) in [4.78, 5) is 4.64. The quantitative estimate of drug-likeness (QED) is 0.739. The van der Waals surface area contributed by atoms with Crippen LogP contribution in [0.5, 0.6) is 0 Å². The summed E-state index contributed by atoms with van der Waals surface area (Å²) in [6, 6.07) is 17.2. The molecule has 0 amide bonds. The molecule has 6 nitrogen and oxygen atoms in total. The van der Waals surface area contributed by atoms with Gasteiger partial charge in [0.15, 0.2) is 5.82 Å². The second kappa shape index (κ2) is 5.17.